The van der Waals surface area contributed by atoms with Crippen LogP contribution >= 0.6 is 27.5 Å². The number of ether oxygens (including phenoxy) is 1. The van der Waals surface area contributed by atoms with Gasteiger partial charge in [-0.15, -0.1) is 0 Å². The van der Waals surface area contributed by atoms with Crippen molar-refractivity contribution in [1.29, 1.82) is 0 Å². The number of hydrogen-bond acceptors (Lipinski definition) is 3. The van der Waals surface area contributed by atoms with Gasteiger partial charge in [-0.05, 0) is 42.8 Å². The van der Waals surface area contributed by atoms with Gasteiger partial charge in [0, 0.05) is 16.6 Å². The number of benzene rings is 2. The largest absolute Gasteiger partial charge is 0.495 e. The number of methoxy groups -OCH3 is 1. The number of nitrogens with zero attached hydrogens (tertiary/aromatic N) is 2. The number of halogens is 2. The summed E-state index contributed by atoms with van der Waals surface area (Å²) in [6, 6.07) is 13.2. The molecule has 146 valence electrons. The summed E-state index contributed by atoms with van der Waals surface area (Å²) in [7, 11) is 1.57. The number of amides is 1. The predicted molar refractivity (Wildman–Crippen MR) is 116 cm³/mol. The molecule has 0 fully saturated rings. The lowest BCUT2D eigenvalue weighted by atomic mass is 10.1. The van der Waals surface area contributed by atoms with Gasteiger partial charge in [0.1, 0.15) is 5.75 Å². The molecule has 0 aliphatic rings. The van der Waals surface area contributed by atoms with E-state index in [1.165, 1.54) is 0 Å². The van der Waals surface area contributed by atoms with Gasteiger partial charge < -0.3 is 10.1 Å². The fourth-order valence-corrected chi connectivity index (χ4v) is 3.53. The second kappa shape index (κ2) is 9.26. The highest BCUT2D eigenvalue weighted by Gasteiger charge is 2.21. The molecular weight excluding hydrogens is 442 g/mol. The molecule has 1 amide bonds. The molecular formula is C21H21BrClN3O2. The van der Waals surface area contributed by atoms with Gasteiger partial charge in [0.25, 0.3) is 5.91 Å². The zero-order valence-electron chi connectivity index (χ0n) is 15.7. The Morgan fingerprint density at radius 3 is 2.79 bits per heavy atom. The summed E-state index contributed by atoms with van der Waals surface area (Å²) >= 11 is 9.83. The standard InChI is InChI=1S/C21H21BrClN3O2/c1-3-4-10-24-21(27)17-13-25-26(16-7-5-6-15(22)12-16)20(17)14-8-9-19(28-2)18(23)11-14/h5-9,11-13H,3-4,10H2,1-2H3,(H,24,27). The molecule has 0 saturated carbocycles. The van der Waals surface area contributed by atoms with Crippen molar-refractivity contribution in [3.05, 3.63) is 63.7 Å². The summed E-state index contributed by atoms with van der Waals surface area (Å²) in [6.45, 7) is 2.71. The van der Waals surface area contributed by atoms with Crippen LogP contribution in [-0.4, -0.2) is 29.3 Å². The van der Waals surface area contributed by atoms with Gasteiger partial charge in [0.15, 0.2) is 0 Å². The van der Waals surface area contributed by atoms with Crippen molar-refractivity contribution in [2.24, 2.45) is 0 Å². The minimum atomic E-state index is -0.156. The average molecular weight is 463 g/mol. The first-order valence-corrected chi connectivity index (χ1v) is 10.2. The van der Waals surface area contributed by atoms with Crippen molar-refractivity contribution in [3.63, 3.8) is 0 Å². The summed E-state index contributed by atoms with van der Waals surface area (Å²) in [5.74, 6) is 0.421. The van der Waals surface area contributed by atoms with Crippen LogP contribution in [0.5, 0.6) is 5.75 Å². The van der Waals surface area contributed by atoms with E-state index in [2.05, 4.69) is 33.3 Å². The molecule has 2 aromatic carbocycles. The van der Waals surface area contributed by atoms with Crippen LogP contribution in [0.15, 0.2) is 53.1 Å². The van der Waals surface area contributed by atoms with Crippen molar-refractivity contribution in [3.8, 4) is 22.7 Å². The van der Waals surface area contributed by atoms with Gasteiger partial charge in [-0.3, -0.25) is 4.79 Å². The number of unbranched alkanes of at least 4 members (excludes halogenated alkanes) is 1. The molecule has 1 N–H and O–H groups in total. The second-order valence-electron chi connectivity index (χ2n) is 6.26. The van der Waals surface area contributed by atoms with Gasteiger partial charge in [-0.25, -0.2) is 4.68 Å². The highest BCUT2D eigenvalue weighted by molar-refractivity contribution is 9.10. The van der Waals surface area contributed by atoms with Crippen LogP contribution in [0.3, 0.4) is 0 Å². The first kappa shape index (κ1) is 20.4. The maximum Gasteiger partial charge on any atom is 0.255 e. The molecule has 5 nitrogen and oxygen atoms in total. The van der Waals surface area contributed by atoms with E-state index in [0.717, 1.165) is 28.6 Å². The molecule has 0 aliphatic carbocycles. The zero-order valence-corrected chi connectivity index (χ0v) is 18.0. The maximum atomic E-state index is 12.8. The predicted octanol–water partition coefficient (Wildman–Crippen LogP) is 5.49. The molecule has 28 heavy (non-hydrogen) atoms. The highest BCUT2D eigenvalue weighted by Crippen LogP contribution is 2.33. The van der Waals surface area contributed by atoms with E-state index in [1.807, 2.05) is 30.3 Å². The van der Waals surface area contributed by atoms with Crippen molar-refractivity contribution < 1.29 is 9.53 Å². The molecule has 0 bridgehead atoms. The Kier molecular flexibility index (Phi) is 6.75. The number of carbonyl (C=O) groups is 1. The summed E-state index contributed by atoms with van der Waals surface area (Å²) in [6.07, 6.45) is 3.53. The zero-order chi connectivity index (χ0) is 20.1. The van der Waals surface area contributed by atoms with E-state index < -0.39 is 0 Å². The van der Waals surface area contributed by atoms with E-state index in [9.17, 15) is 4.79 Å². The first-order chi connectivity index (χ1) is 13.5. The normalized spacial score (nSPS) is 10.7. The monoisotopic (exact) mass is 461 g/mol. The topological polar surface area (TPSA) is 56.2 Å². The lowest BCUT2D eigenvalue weighted by Gasteiger charge is -2.12. The van der Waals surface area contributed by atoms with Crippen molar-refractivity contribution >= 4 is 33.4 Å². The summed E-state index contributed by atoms with van der Waals surface area (Å²) in [5, 5.41) is 7.92. The minimum Gasteiger partial charge on any atom is -0.495 e. The van der Waals surface area contributed by atoms with Crippen LogP contribution in [0.4, 0.5) is 0 Å². The third kappa shape index (κ3) is 4.39. The Balaban J connectivity index is 2.11. The van der Waals surface area contributed by atoms with E-state index in [4.69, 9.17) is 16.3 Å². The lowest BCUT2D eigenvalue weighted by Crippen LogP contribution is -2.24. The number of hydrogen-bond donors (Lipinski definition) is 1. The fraction of sp³-hybridized carbons (Fsp3) is 0.238. The van der Waals surface area contributed by atoms with Crippen LogP contribution in [0.1, 0.15) is 30.1 Å². The Morgan fingerprint density at radius 1 is 1.29 bits per heavy atom. The van der Waals surface area contributed by atoms with Gasteiger partial charge in [0.05, 0.1) is 35.3 Å². The average Bonchev–Trinajstić information content (AvgIpc) is 3.13. The quantitative estimate of drug-likeness (QED) is 0.472. The Hall–Kier alpha value is -2.31. The third-order valence-corrected chi connectivity index (χ3v) is 5.10. The van der Waals surface area contributed by atoms with Gasteiger partial charge in [0.2, 0.25) is 0 Å². The van der Waals surface area contributed by atoms with Crippen LogP contribution in [0, 0.1) is 0 Å². The summed E-state index contributed by atoms with van der Waals surface area (Å²) in [4.78, 5) is 12.8. The van der Waals surface area contributed by atoms with Crippen molar-refractivity contribution in [2.45, 2.75) is 19.8 Å². The third-order valence-electron chi connectivity index (χ3n) is 4.31. The fourth-order valence-electron chi connectivity index (χ4n) is 2.88. The van der Waals surface area contributed by atoms with E-state index in [-0.39, 0.29) is 5.91 Å². The minimum absolute atomic E-state index is 0.156. The van der Waals surface area contributed by atoms with Crippen LogP contribution in [0.25, 0.3) is 16.9 Å². The van der Waals surface area contributed by atoms with Gasteiger partial charge in [-0.2, -0.15) is 5.10 Å². The molecule has 0 atom stereocenters. The number of nitrogens with one attached hydrogen (secondary N) is 1. The lowest BCUT2D eigenvalue weighted by molar-refractivity contribution is 0.0954. The molecule has 0 saturated heterocycles. The summed E-state index contributed by atoms with van der Waals surface area (Å²) < 4.78 is 7.92. The maximum absolute atomic E-state index is 12.8. The second-order valence-corrected chi connectivity index (χ2v) is 7.58. The van der Waals surface area contributed by atoms with E-state index in [0.29, 0.717) is 28.6 Å². The molecule has 7 heteroatoms. The molecule has 0 unspecified atom stereocenters. The van der Waals surface area contributed by atoms with E-state index in [1.54, 1.807) is 30.1 Å². The van der Waals surface area contributed by atoms with Crippen LogP contribution in [-0.2, 0) is 0 Å². The smallest absolute Gasteiger partial charge is 0.255 e. The molecule has 1 aromatic heterocycles. The highest BCUT2D eigenvalue weighted by atomic mass is 79.9. The van der Waals surface area contributed by atoms with Crippen molar-refractivity contribution in [1.82, 2.24) is 15.1 Å². The molecule has 0 aliphatic heterocycles. The van der Waals surface area contributed by atoms with Gasteiger partial charge >= 0.3 is 0 Å². The molecule has 1 heterocycles. The SMILES string of the molecule is CCCCNC(=O)c1cnn(-c2cccc(Br)c2)c1-c1ccc(OC)c(Cl)c1. The number of aromatic nitrogens is 2. The number of carbonyl (C=O) groups excluding carboxylic acids is 1. The van der Waals surface area contributed by atoms with Gasteiger partial charge in [-0.1, -0.05) is 46.9 Å². The van der Waals surface area contributed by atoms with E-state index >= 15 is 0 Å². The number of rotatable bonds is 7. The Labute approximate surface area is 177 Å². The van der Waals surface area contributed by atoms with Crippen LogP contribution in [0.2, 0.25) is 5.02 Å². The van der Waals surface area contributed by atoms with Crippen LogP contribution < -0.4 is 10.1 Å². The van der Waals surface area contributed by atoms with Crippen molar-refractivity contribution in [2.75, 3.05) is 13.7 Å². The first-order valence-electron chi connectivity index (χ1n) is 9.01. The molecule has 3 aromatic rings. The molecule has 3 rings (SSSR count). The molecule has 0 spiro atoms. The summed E-state index contributed by atoms with van der Waals surface area (Å²) in [5.41, 5.74) is 2.79. The molecule has 0 radical (unpaired) electrons. The Morgan fingerprint density at radius 2 is 2.11 bits per heavy atom. The Bertz CT molecular complexity index is 988.